The Kier molecular flexibility index (Phi) is 2.97. The van der Waals surface area contributed by atoms with Crippen molar-refractivity contribution >= 4 is 0 Å². The fourth-order valence-corrected chi connectivity index (χ4v) is 4.44. The van der Waals surface area contributed by atoms with Crippen molar-refractivity contribution in [3.63, 3.8) is 0 Å². The van der Waals surface area contributed by atoms with Gasteiger partial charge in [-0.1, -0.05) is 25.7 Å². The molecule has 2 nitrogen and oxygen atoms in total. The maximum Gasteiger partial charge on any atom is 0.0832 e. The summed E-state index contributed by atoms with van der Waals surface area (Å²) in [5.41, 5.74) is 0.212. The molecule has 3 aliphatic rings. The number of ether oxygens (including phenoxy) is 2. The first-order valence-corrected chi connectivity index (χ1v) is 7.01. The zero-order valence-corrected chi connectivity index (χ0v) is 10.4. The second kappa shape index (κ2) is 4.30. The van der Waals surface area contributed by atoms with Crippen LogP contribution in [0.1, 0.15) is 51.4 Å². The van der Waals surface area contributed by atoms with Crippen molar-refractivity contribution in [2.75, 3.05) is 13.7 Å². The Morgan fingerprint density at radius 2 is 1.94 bits per heavy atom. The molecule has 3 fully saturated rings. The Morgan fingerprint density at radius 3 is 2.75 bits per heavy atom. The standard InChI is InChI=1S/C14H24O2/c1-15-12-9-14(16-10-12)8-4-6-11-5-2-3-7-13(11)14/h11-13H,2-10H2,1H3/t11-,12?,13+,14+/m1/s1. The molecule has 0 bridgehead atoms. The van der Waals surface area contributed by atoms with Crippen LogP contribution in [0.2, 0.25) is 0 Å². The van der Waals surface area contributed by atoms with Crippen LogP contribution in [0.25, 0.3) is 0 Å². The van der Waals surface area contributed by atoms with E-state index in [0.717, 1.165) is 24.9 Å². The molecule has 4 atom stereocenters. The van der Waals surface area contributed by atoms with Crippen molar-refractivity contribution in [2.45, 2.75) is 63.1 Å². The average molecular weight is 224 g/mol. The number of rotatable bonds is 1. The minimum absolute atomic E-state index is 0.212. The first-order valence-electron chi connectivity index (χ1n) is 7.01. The van der Waals surface area contributed by atoms with E-state index in [0.29, 0.717) is 6.10 Å². The molecule has 16 heavy (non-hydrogen) atoms. The molecule has 1 unspecified atom stereocenters. The van der Waals surface area contributed by atoms with E-state index in [1.807, 2.05) is 7.11 Å². The SMILES string of the molecule is COC1CO[C@@]2(CCC[C@H]3CCCC[C@@H]32)C1. The summed E-state index contributed by atoms with van der Waals surface area (Å²) < 4.78 is 11.7. The van der Waals surface area contributed by atoms with Gasteiger partial charge >= 0.3 is 0 Å². The molecular weight excluding hydrogens is 200 g/mol. The molecule has 2 saturated carbocycles. The van der Waals surface area contributed by atoms with Gasteiger partial charge < -0.3 is 9.47 Å². The molecule has 0 N–H and O–H groups in total. The average Bonchev–Trinajstić information content (AvgIpc) is 2.74. The smallest absolute Gasteiger partial charge is 0.0832 e. The van der Waals surface area contributed by atoms with Crippen LogP contribution in [0.4, 0.5) is 0 Å². The van der Waals surface area contributed by atoms with E-state index in [9.17, 15) is 0 Å². The van der Waals surface area contributed by atoms with Gasteiger partial charge in [-0.05, 0) is 31.1 Å². The van der Waals surface area contributed by atoms with Gasteiger partial charge in [-0.25, -0.2) is 0 Å². The van der Waals surface area contributed by atoms with Crippen molar-refractivity contribution in [1.82, 2.24) is 0 Å². The Bertz CT molecular complexity index is 251. The Hall–Kier alpha value is -0.0800. The van der Waals surface area contributed by atoms with Crippen LogP contribution in [0.15, 0.2) is 0 Å². The lowest BCUT2D eigenvalue weighted by Gasteiger charge is -2.47. The zero-order valence-electron chi connectivity index (χ0n) is 10.4. The number of hydrogen-bond acceptors (Lipinski definition) is 2. The van der Waals surface area contributed by atoms with Crippen LogP contribution in [-0.2, 0) is 9.47 Å². The highest BCUT2D eigenvalue weighted by atomic mass is 16.6. The molecule has 0 radical (unpaired) electrons. The summed E-state index contributed by atoms with van der Waals surface area (Å²) in [6, 6.07) is 0. The maximum atomic E-state index is 6.23. The van der Waals surface area contributed by atoms with Gasteiger partial charge in [-0.15, -0.1) is 0 Å². The molecule has 0 aromatic rings. The van der Waals surface area contributed by atoms with Gasteiger partial charge in [0.1, 0.15) is 0 Å². The molecule has 2 heteroatoms. The van der Waals surface area contributed by atoms with Gasteiger partial charge in [0.2, 0.25) is 0 Å². The van der Waals surface area contributed by atoms with Gasteiger partial charge in [0.15, 0.2) is 0 Å². The van der Waals surface area contributed by atoms with Crippen molar-refractivity contribution < 1.29 is 9.47 Å². The van der Waals surface area contributed by atoms with Crippen LogP contribution in [-0.4, -0.2) is 25.4 Å². The van der Waals surface area contributed by atoms with Crippen LogP contribution in [0.3, 0.4) is 0 Å². The first kappa shape index (κ1) is 11.0. The molecule has 0 amide bonds. The summed E-state index contributed by atoms with van der Waals surface area (Å²) in [5.74, 6) is 1.80. The van der Waals surface area contributed by atoms with E-state index in [1.165, 1.54) is 44.9 Å². The molecular formula is C14H24O2. The molecule has 0 aromatic carbocycles. The van der Waals surface area contributed by atoms with Gasteiger partial charge in [0.05, 0.1) is 18.3 Å². The van der Waals surface area contributed by atoms with Gasteiger partial charge in [-0.3, -0.25) is 0 Å². The number of fused-ring (bicyclic) bond motifs is 2. The summed E-state index contributed by atoms with van der Waals surface area (Å²) in [5, 5.41) is 0. The van der Waals surface area contributed by atoms with E-state index < -0.39 is 0 Å². The summed E-state index contributed by atoms with van der Waals surface area (Å²) in [7, 11) is 1.83. The van der Waals surface area contributed by atoms with Crippen LogP contribution < -0.4 is 0 Å². The maximum absolute atomic E-state index is 6.23. The van der Waals surface area contributed by atoms with Gasteiger partial charge in [0, 0.05) is 13.5 Å². The molecule has 1 spiro atoms. The fraction of sp³-hybridized carbons (Fsp3) is 1.00. The van der Waals surface area contributed by atoms with Crippen LogP contribution >= 0.6 is 0 Å². The monoisotopic (exact) mass is 224 g/mol. The molecule has 1 aliphatic heterocycles. The van der Waals surface area contributed by atoms with E-state index >= 15 is 0 Å². The van der Waals surface area contributed by atoms with Crippen LogP contribution in [0.5, 0.6) is 0 Å². The highest BCUT2D eigenvalue weighted by molar-refractivity contribution is 5.01. The fourth-order valence-electron chi connectivity index (χ4n) is 4.44. The quantitative estimate of drug-likeness (QED) is 0.681. The Morgan fingerprint density at radius 1 is 1.12 bits per heavy atom. The third-order valence-corrected chi connectivity index (χ3v) is 5.22. The lowest BCUT2D eigenvalue weighted by atomic mass is 9.62. The van der Waals surface area contributed by atoms with Crippen LogP contribution in [0, 0.1) is 11.8 Å². The third-order valence-electron chi connectivity index (χ3n) is 5.22. The normalized spacial score (nSPS) is 48.2. The Balaban J connectivity index is 1.77. The molecule has 3 rings (SSSR count). The minimum atomic E-state index is 0.212. The molecule has 92 valence electrons. The molecule has 2 aliphatic carbocycles. The topological polar surface area (TPSA) is 18.5 Å². The molecule has 1 heterocycles. The zero-order chi connectivity index (χ0) is 11.0. The largest absolute Gasteiger partial charge is 0.379 e. The predicted molar refractivity (Wildman–Crippen MR) is 63.4 cm³/mol. The number of methoxy groups -OCH3 is 1. The number of hydrogen-bond donors (Lipinski definition) is 0. The summed E-state index contributed by atoms with van der Waals surface area (Å²) in [6.07, 6.45) is 11.4. The van der Waals surface area contributed by atoms with Gasteiger partial charge in [0.25, 0.3) is 0 Å². The highest BCUT2D eigenvalue weighted by Gasteiger charge is 2.51. The van der Waals surface area contributed by atoms with Crippen molar-refractivity contribution in [3.05, 3.63) is 0 Å². The predicted octanol–water partition coefficient (Wildman–Crippen LogP) is 3.15. The summed E-state index contributed by atoms with van der Waals surface area (Å²) >= 11 is 0. The van der Waals surface area contributed by atoms with E-state index in [4.69, 9.17) is 9.47 Å². The Labute approximate surface area is 98.7 Å². The second-order valence-corrected chi connectivity index (χ2v) is 5.98. The van der Waals surface area contributed by atoms with E-state index in [-0.39, 0.29) is 5.60 Å². The van der Waals surface area contributed by atoms with Crippen molar-refractivity contribution in [1.29, 1.82) is 0 Å². The molecule has 1 saturated heterocycles. The highest BCUT2D eigenvalue weighted by Crippen LogP contribution is 2.51. The summed E-state index contributed by atoms with van der Waals surface area (Å²) in [4.78, 5) is 0. The lowest BCUT2D eigenvalue weighted by molar-refractivity contribution is -0.102. The van der Waals surface area contributed by atoms with Crippen molar-refractivity contribution in [2.24, 2.45) is 11.8 Å². The third kappa shape index (κ3) is 1.70. The van der Waals surface area contributed by atoms with E-state index in [1.54, 1.807) is 0 Å². The second-order valence-electron chi connectivity index (χ2n) is 5.98. The van der Waals surface area contributed by atoms with Gasteiger partial charge in [-0.2, -0.15) is 0 Å². The first-order chi connectivity index (χ1) is 7.84. The minimum Gasteiger partial charge on any atom is -0.379 e. The molecule has 0 aromatic heterocycles. The lowest BCUT2D eigenvalue weighted by Crippen LogP contribution is -2.46. The van der Waals surface area contributed by atoms with Crippen molar-refractivity contribution in [3.8, 4) is 0 Å². The van der Waals surface area contributed by atoms with E-state index in [2.05, 4.69) is 0 Å². The summed E-state index contributed by atoms with van der Waals surface area (Å²) in [6.45, 7) is 0.833.